The first-order chi connectivity index (χ1) is 16.3. The number of halogens is 1. The molecule has 3 N–H and O–H groups in total. The summed E-state index contributed by atoms with van der Waals surface area (Å²) in [7, 11) is 1.59. The summed E-state index contributed by atoms with van der Waals surface area (Å²) in [6, 6.07) is -0.226. The smallest absolute Gasteiger partial charge is 0.325 e. The molecule has 0 unspecified atom stereocenters. The van der Waals surface area contributed by atoms with Crippen LogP contribution in [0.3, 0.4) is 0 Å². The summed E-state index contributed by atoms with van der Waals surface area (Å²) in [5.74, 6) is -1.03. The molecule has 0 aromatic carbocycles. The van der Waals surface area contributed by atoms with Crippen LogP contribution < -0.4 is 15.5 Å². The number of nitrogens with one attached hydrogen (secondary N) is 3. The van der Waals surface area contributed by atoms with Crippen molar-refractivity contribution in [3.05, 3.63) is 27.2 Å². The maximum atomic E-state index is 12.7. The summed E-state index contributed by atoms with van der Waals surface area (Å²) >= 11 is 7.30. The maximum Gasteiger partial charge on any atom is 0.325 e. The van der Waals surface area contributed by atoms with Crippen molar-refractivity contribution in [2.24, 2.45) is 0 Å². The van der Waals surface area contributed by atoms with Gasteiger partial charge in [0.05, 0.1) is 30.1 Å². The molecule has 2 aromatic heterocycles. The minimum Gasteiger partial charge on any atom is -0.465 e. The van der Waals surface area contributed by atoms with E-state index in [0.29, 0.717) is 52.5 Å². The van der Waals surface area contributed by atoms with E-state index in [1.54, 1.807) is 21.0 Å². The number of imidazole rings is 1. The lowest BCUT2D eigenvalue weighted by molar-refractivity contribution is -0.141. The average molecular weight is 513 g/mol. The Labute approximate surface area is 206 Å². The minimum absolute atomic E-state index is 0.174. The number of aromatic nitrogens is 3. The Bertz CT molecular complexity index is 1040. The van der Waals surface area contributed by atoms with Crippen LogP contribution in [0.1, 0.15) is 51.9 Å². The van der Waals surface area contributed by atoms with Crippen molar-refractivity contribution >= 4 is 45.9 Å². The van der Waals surface area contributed by atoms with Gasteiger partial charge in [0.25, 0.3) is 11.8 Å². The van der Waals surface area contributed by atoms with Crippen LogP contribution in [0.25, 0.3) is 0 Å². The average Bonchev–Trinajstić information content (AvgIpc) is 3.40. The molecule has 1 aliphatic rings. The first-order valence-electron chi connectivity index (χ1n) is 11.0. The van der Waals surface area contributed by atoms with Gasteiger partial charge in [0, 0.05) is 20.2 Å². The highest BCUT2D eigenvalue weighted by Crippen LogP contribution is 2.29. The highest BCUT2D eigenvalue weighted by Gasteiger charge is 2.33. The highest BCUT2D eigenvalue weighted by atomic mass is 35.5. The molecule has 0 radical (unpaired) electrons. The summed E-state index contributed by atoms with van der Waals surface area (Å²) in [4.78, 5) is 50.7. The van der Waals surface area contributed by atoms with Gasteiger partial charge in [-0.3, -0.25) is 14.4 Å². The first kappa shape index (κ1) is 25.9. The molecular weight excluding hydrogens is 484 g/mol. The molecule has 0 aliphatic carbocycles. The number of nitrogens with zero attached hydrogens (tertiary/aromatic N) is 3. The van der Waals surface area contributed by atoms with Crippen molar-refractivity contribution in [2.75, 3.05) is 38.3 Å². The molecule has 2 aromatic rings. The largest absolute Gasteiger partial charge is 0.465 e. The second kappa shape index (κ2) is 11.6. The number of esters is 1. The van der Waals surface area contributed by atoms with E-state index in [0.717, 1.165) is 0 Å². The Balaban J connectivity index is 1.62. The summed E-state index contributed by atoms with van der Waals surface area (Å²) in [5, 5.41) is 6.51. The topological polar surface area (TPSA) is 139 Å². The van der Waals surface area contributed by atoms with Crippen LogP contribution in [-0.2, 0) is 20.7 Å². The summed E-state index contributed by atoms with van der Waals surface area (Å²) < 4.78 is 10.5. The number of hydrogen-bond donors (Lipinski definition) is 3. The number of carbonyl (C=O) groups is 3. The number of thiazole rings is 1. The molecule has 1 fully saturated rings. The maximum absolute atomic E-state index is 12.7. The SMILES string of the molecule is CCOC(=O)CNC(=O)c1sc(N2CC[C@H](NC(=O)c3nc(Cl)c(CC)[nH]3)[C@H](OC)C2)nc1C. The van der Waals surface area contributed by atoms with Gasteiger partial charge in [0.1, 0.15) is 11.4 Å². The Kier molecular flexibility index (Phi) is 8.86. The molecule has 186 valence electrons. The summed E-state index contributed by atoms with van der Waals surface area (Å²) in [5.41, 5.74) is 1.29. The molecule has 13 heteroatoms. The third-order valence-electron chi connectivity index (χ3n) is 5.44. The van der Waals surface area contributed by atoms with E-state index in [9.17, 15) is 14.4 Å². The van der Waals surface area contributed by atoms with E-state index in [1.165, 1.54) is 11.3 Å². The summed E-state index contributed by atoms with van der Waals surface area (Å²) in [6.45, 7) is 6.53. The standard InChI is InChI=1S/C21H29ClN6O5S/c1-5-12-17(22)27-18(25-12)20(31)26-13-7-8-28(10-14(13)32-4)21-24-11(3)16(34-21)19(30)23-9-15(29)33-6-2/h13-14H,5-10H2,1-4H3,(H,23,30)(H,25,27)(H,26,31)/t13-,14+/m0/s1. The van der Waals surface area contributed by atoms with E-state index in [-0.39, 0.29) is 42.9 Å². The quantitative estimate of drug-likeness (QED) is 0.431. The predicted octanol–water partition coefficient (Wildman–Crippen LogP) is 1.71. The van der Waals surface area contributed by atoms with Crippen LogP contribution in [0, 0.1) is 6.92 Å². The lowest BCUT2D eigenvalue weighted by Crippen LogP contribution is -2.55. The monoisotopic (exact) mass is 512 g/mol. The molecule has 2 atom stereocenters. The number of methoxy groups -OCH3 is 1. The van der Waals surface area contributed by atoms with Gasteiger partial charge < -0.3 is 30.0 Å². The lowest BCUT2D eigenvalue weighted by Gasteiger charge is -2.37. The molecule has 1 aliphatic heterocycles. The normalized spacial score (nSPS) is 18.0. The Hall–Kier alpha value is -2.70. The number of ether oxygens (including phenoxy) is 2. The number of aromatic amines is 1. The second-order valence-corrected chi connectivity index (χ2v) is 9.03. The molecule has 0 spiro atoms. The number of aryl methyl sites for hydroxylation is 2. The highest BCUT2D eigenvalue weighted by molar-refractivity contribution is 7.17. The van der Waals surface area contributed by atoms with Gasteiger partial charge in [-0.15, -0.1) is 0 Å². The van der Waals surface area contributed by atoms with Gasteiger partial charge in [-0.2, -0.15) is 0 Å². The fraction of sp³-hybridized carbons (Fsp3) is 0.571. The molecule has 34 heavy (non-hydrogen) atoms. The number of hydrogen-bond acceptors (Lipinski definition) is 9. The van der Waals surface area contributed by atoms with E-state index in [4.69, 9.17) is 21.1 Å². The van der Waals surface area contributed by atoms with Crippen LogP contribution in [0.2, 0.25) is 5.15 Å². The van der Waals surface area contributed by atoms with Crippen molar-refractivity contribution in [3.8, 4) is 0 Å². The fourth-order valence-corrected chi connectivity index (χ4v) is 4.92. The van der Waals surface area contributed by atoms with Gasteiger partial charge >= 0.3 is 5.97 Å². The van der Waals surface area contributed by atoms with Crippen LogP contribution in [0.4, 0.5) is 5.13 Å². The first-order valence-corrected chi connectivity index (χ1v) is 12.2. The van der Waals surface area contributed by atoms with Gasteiger partial charge in [-0.1, -0.05) is 29.9 Å². The number of anilines is 1. The number of H-pyrrole nitrogens is 1. The predicted molar refractivity (Wildman–Crippen MR) is 128 cm³/mol. The summed E-state index contributed by atoms with van der Waals surface area (Å²) in [6.07, 6.45) is 0.968. The van der Waals surface area contributed by atoms with Crippen molar-refractivity contribution in [1.29, 1.82) is 0 Å². The number of rotatable bonds is 9. The minimum atomic E-state index is -0.493. The Morgan fingerprint density at radius 2 is 2.03 bits per heavy atom. The van der Waals surface area contributed by atoms with Crippen LogP contribution in [0.15, 0.2) is 0 Å². The Morgan fingerprint density at radius 1 is 1.26 bits per heavy atom. The molecular formula is C21H29ClN6O5S. The van der Waals surface area contributed by atoms with Gasteiger partial charge in [-0.25, -0.2) is 9.97 Å². The van der Waals surface area contributed by atoms with Gasteiger partial charge in [0.15, 0.2) is 16.1 Å². The third-order valence-corrected chi connectivity index (χ3v) is 6.97. The number of piperidine rings is 1. The molecule has 0 saturated carbocycles. The van der Waals surface area contributed by atoms with Crippen LogP contribution in [-0.4, -0.2) is 78.2 Å². The van der Waals surface area contributed by atoms with Gasteiger partial charge in [-0.05, 0) is 26.7 Å². The fourth-order valence-electron chi connectivity index (χ4n) is 3.63. The second-order valence-electron chi connectivity index (χ2n) is 7.70. The van der Waals surface area contributed by atoms with Crippen molar-refractivity contribution in [2.45, 2.75) is 45.8 Å². The third kappa shape index (κ3) is 6.05. The van der Waals surface area contributed by atoms with E-state index < -0.39 is 5.97 Å². The van der Waals surface area contributed by atoms with Crippen molar-refractivity contribution < 1.29 is 23.9 Å². The molecule has 3 rings (SSSR count). The molecule has 0 bridgehead atoms. The van der Waals surface area contributed by atoms with Crippen molar-refractivity contribution in [3.63, 3.8) is 0 Å². The lowest BCUT2D eigenvalue weighted by atomic mass is 10.0. The van der Waals surface area contributed by atoms with Crippen molar-refractivity contribution in [1.82, 2.24) is 25.6 Å². The van der Waals surface area contributed by atoms with E-state index >= 15 is 0 Å². The molecule has 1 saturated heterocycles. The number of amides is 2. The van der Waals surface area contributed by atoms with E-state index in [2.05, 4.69) is 25.6 Å². The van der Waals surface area contributed by atoms with Crippen LogP contribution in [0.5, 0.6) is 0 Å². The number of carbonyl (C=O) groups excluding carboxylic acids is 3. The van der Waals surface area contributed by atoms with E-state index in [1.807, 2.05) is 11.8 Å². The zero-order valence-corrected chi connectivity index (χ0v) is 21.1. The van der Waals surface area contributed by atoms with Gasteiger partial charge in [0.2, 0.25) is 0 Å². The van der Waals surface area contributed by atoms with Crippen LogP contribution >= 0.6 is 22.9 Å². The zero-order valence-electron chi connectivity index (χ0n) is 19.6. The molecule has 2 amide bonds. The molecule has 11 nitrogen and oxygen atoms in total. The zero-order chi connectivity index (χ0) is 24.8. The molecule has 3 heterocycles. The Morgan fingerprint density at radius 3 is 2.68 bits per heavy atom.